The van der Waals surface area contributed by atoms with E-state index in [1.165, 1.54) is 0 Å². The molecule has 1 amide bonds. The van der Waals surface area contributed by atoms with Crippen molar-refractivity contribution in [1.29, 1.82) is 0 Å². The maximum Gasteiger partial charge on any atom is 0.302 e. The van der Waals surface area contributed by atoms with Crippen molar-refractivity contribution in [3.05, 3.63) is 29.8 Å². The van der Waals surface area contributed by atoms with E-state index < -0.39 is 21.9 Å². The summed E-state index contributed by atoms with van der Waals surface area (Å²) in [6.07, 6.45) is 0.749. The Morgan fingerprint density at radius 2 is 2.19 bits per heavy atom. The maximum absolute atomic E-state index is 12.7. The highest BCUT2D eigenvalue weighted by atomic mass is 32.3. The molecule has 1 fully saturated rings. The molecule has 1 saturated heterocycles. The molecule has 1 atom stereocenters. The summed E-state index contributed by atoms with van der Waals surface area (Å²) in [7, 11) is -2.94. The van der Waals surface area contributed by atoms with E-state index in [-0.39, 0.29) is 12.3 Å². The molecule has 7 heteroatoms. The van der Waals surface area contributed by atoms with Gasteiger partial charge in [0.05, 0.1) is 12.9 Å². The summed E-state index contributed by atoms with van der Waals surface area (Å²) in [6.45, 7) is 0.792. The molecule has 1 aliphatic heterocycles. The number of methoxy groups -OCH3 is 1. The number of nitrogens with zero attached hydrogens (tertiary/aromatic N) is 1. The lowest BCUT2D eigenvalue weighted by molar-refractivity contribution is -0.127. The molecule has 1 aromatic rings. The molecule has 1 aromatic carbocycles. The molecule has 0 radical (unpaired) electrons. The molecule has 2 rings (SSSR count). The number of hydrogen-bond acceptors (Lipinski definition) is 4. The van der Waals surface area contributed by atoms with Crippen LogP contribution >= 0.6 is 0 Å². The fourth-order valence-corrected chi connectivity index (χ4v) is 3.34. The van der Waals surface area contributed by atoms with Crippen LogP contribution in [0.2, 0.25) is 0 Å². The van der Waals surface area contributed by atoms with Gasteiger partial charge in [-0.2, -0.15) is 8.42 Å². The van der Waals surface area contributed by atoms with Crippen LogP contribution in [0.15, 0.2) is 24.3 Å². The van der Waals surface area contributed by atoms with Crippen molar-refractivity contribution in [2.24, 2.45) is 5.92 Å². The van der Waals surface area contributed by atoms with Gasteiger partial charge in [-0.3, -0.25) is 4.79 Å². The van der Waals surface area contributed by atoms with Crippen molar-refractivity contribution in [3.63, 3.8) is 0 Å². The molecule has 116 valence electrons. The predicted molar refractivity (Wildman–Crippen MR) is 76.3 cm³/mol. The van der Waals surface area contributed by atoms with Gasteiger partial charge in [0, 0.05) is 25.4 Å². The van der Waals surface area contributed by atoms with Crippen LogP contribution in [0.25, 0.3) is 0 Å². The quantitative estimate of drug-likeness (QED) is 0.744. The Balaban J connectivity index is 1.90. The molecule has 1 aliphatic rings. The number of hydrogen-bond donors (Lipinski definition) is 0. The van der Waals surface area contributed by atoms with Crippen molar-refractivity contribution in [2.45, 2.75) is 12.8 Å². The average Bonchev–Trinajstić information content (AvgIpc) is 2.74. The fourth-order valence-electron chi connectivity index (χ4n) is 2.56. The molecular weight excluding hydrogens is 297 g/mol. The Hall–Kier alpha value is -1.63. The minimum Gasteiger partial charge on any atom is -0.497 e. The van der Waals surface area contributed by atoms with Crippen LogP contribution in [0.4, 0.5) is 3.89 Å². The van der Waals surface area contributed by atoms with Crippen molar-refractivity contribution < 1.29 is 21.8 Å². The van der Waals surface area contributed by atoms with Crippen LogP contribution < -0.4 is 4.74 Å². The number of carbonyl (C=O) groups is 1. The normalized spacial score (nSPS) is 19.0. The molecule has 0 N–H and O–H groups in total. The Morgan fingerprint density at radius 3 is 2.86 bits per heavy atom. The van der Waals surface area contributed by atoms with E-state index in [9.17, 15) is 17.1 Å². The molecule has 0 spiro atoms. The second kappa shape index (κ2) is 6.43. The van der Waals surface area contributed by atoms with E-state index in [4.69, 9.17) is 4.74 Å². The number of benzene rings is 1. The molecule has 0 aliphatic carbocycles. The van der Waals surface area contributed by atoms with Gasteiger partial charge < -0.3 is 9.64 Å². The number of likely N-dealkylation sites (tertiary alicyclic amines) is 1. The summed E-state index contributed by atoms with van der Waals surface area (Å²) >= 11 is 0. The Labute approximate surface area is 123 Å². The third-order valence-corrected chi connectivity index (χ3v) is 4.40. The first-order valence-corrected chi connectivity index (χ1v) is 8.25. The molecule has 0 saturated carbocycles. The highest BCUT2D eigenvalue weighted by Gasteiger charge is 2.32. The summed E-state index contributed by atoms with van der Waals surface area (Å²) in [4.78, 5) is 13.4. The van der Waals surface area contributed by atoms with Gasteiger partial charge in [0.2, 0.25) is 5.91 Å². The van der Waals surface area contributed by atoms with E-state index in [0.717, 1.165) is 11.3 Å². The van der Waals surface area contributed by atoms with Gasteiger partial charge in [0.15, 0.2) is 0 Å². The smallest absolute Gasteiger partial charge is 0.302 e. The number of halogens is 1. The van der Waals surface area contributed by atoms with Crippen LogP contribution in [0.1, 0.15) is 12.0 Å². The molecule has 5 nitrogen and oxygen atoms in total. The fraction of sp³-hybridized carbons (Fsp3) is 0.500. The third-order valence-electron chi connectivity index (χ3n) is 3.53. The second-order valence-corrected chi connectivity index (χ2v) is 6.63. The lowest BCUT2D eigenvalue weighted by atomic mass is 10.1. The SMILES string of the molecule is COc1cccc(CCN2CC(CS(=O)(=O)F)CC2=O)c1. The number of rotatable bonds is 6. The maximum atomic E-state index is 12.7. The lowest BCUT2D eigenvalue weighted by Crippen LogP contribution is -2.28. The molecule has 1 unspecified atom stereocenters. The minimum atomic E-state index is -4.53. The van der Waals surface area contributed by atoms with Crippen LogP contribution in [-0.2, 0) is 21.4 Å². The van der Waals surface area contributed by atoms with E-state index in [1.807, 2.05) is 24.3 Å². The highest BCUT2D eigenvalue weighted by Crippen LogP contribution is 2.21. The third kappa shape index (κ3) is 4.70. The summed E-state index contributed by atoms with van der Waals surface area (Å²) in [5, 5.41) is 0. The molecule has 21 heavy (non-hydrogen) atoms. The first-order chi connectivity index (χ1) is 9.87. The topological polar surface area (TPSA) is 63.7 Å². The predicted octanol–water partition coefficient (Wildman–Crippen LogP) is 1.39. The summed E-state index contributed by atoms with van der Waals surface area (Å²) in [5.41, 5.74) is 1.03. The standard InChI is InChI=1S/C14H18FNO4S/c1-20-13-4-2-3-11(7-13)5-6-16-9-12(8-14(16)17)10-21(15,18)19/h2-4,7,12H,5-6,8-10H2,1H3. The highest BCUT2D eigenvalue weighted by molar-refractivity contribution is 7.86. The van der Waals surface area contributed by atoms with E-state index in [2.05, 4.69) is 0 Å². The summed E-state index contributed by atoms with van der Waals surface area (Å²) < 4.78 is 39.1. The first-order valence-electron chi connectivity index (χ1n) is 6.70. The zero-order valence-electron chi connectivity index (χ0n) is 11.8. The zero-order chi connectivity index (χ0) is 15.5. The van der Waals surface area contributed by atoms with Crippen LogP contribution in [0.5, 0.6) is 5.75 Å². The van der Waals surface area contributed by atoms with E-state index >= 15 is 0 Å². The first kappa shape index (κ1) is 15.8. The second-order valence-electron chi connectivity index (χ2n) is 5.22. The molecular formula is C14H18FNO4S. The van der Waals surface area contributed by atoms with Gasteiger partial charge in [-0.1, -0.05) is 12.1 Å². The number of carbonyl (C=O) groups excluding carboxylic acids is 1. The molecule has 0 aromatic heterocycles. The van der Waals surface area contributed by atoms with Crippen molar-refractivity contribution >= 4 is 16.1 Å². The van der Waals surface area contributed by atoms with Crippen molar-refractivity contribution in [1.82, 2.24) is 4.90 Å². The minimum absolute atomic E-state index is 0.0985. The van der Waals surface area contributed by atoms with Crippen LogP contribution in [0, 0.1) is 5.92 Å². The number of amides is 1. The zero-order valence-corrected chi connectivity index (χ0v) is 12.6. The van der Waals surface area contributed by atoms with E-state index in [0.29, 0.717) is 19.5 Å². The Morgan fingerprint density at radius 1 is 1.43 bits per heavy atom. The van der Waals surface area contributed by atoms with Crippen molar-refractivity contribution in [2.75, 3.05) is 26.0 Å². The van der Waals surface area contributed by atoms with Gasteiger partial charge in [0.25, 0.3) is 0 Å². The van der Waals surface area contributed by atoms with Gasteiger partial charge in [-0.15, -0.1) is 3.89 Å². The largest absolute Gasteiger partial charge is 0.497 e. The van der Waals surface area contributed by atoms with Crippen LogP contribution in [0.3, 0.4) is 0 Å². The molecule has 0 bridgehead atoms. The van der Waals surface area contributed by atoms with Gasteiger partial charge >= 0.3 is 10.2 Å². The Bertz CT molecular complexity index is 617. The Kier molecular flexibility index (Phi) is 4.82. The van der Waals surface area contributed by atoms with Crippen molar-refractivity contribution in [3.8, 4) is 5.75 Å². The molecule has 1 heterocycles. The monoisotopic (exact) mass is 315 g/mol. The van der Waals surface area contributed by atoms with Crippen LogP contribution in [-0.4, -0.2) is 45.2 Å². The lowest BCUT2D eigenvalue weighted by Gasteiger charge is -2.16. The summed E-state index contributed by atoms with van der Waals surface area (Å²) in [6, 6.07) is 7.54. The summed E-state index contributed by atoms with van der Waals surface area (Å²) in [5.74, 6) is -0.389. The number of ether oxygens (including phenoxy) is 1. The van der Waals surface area contributed by atoms with Gasteiger partial charge in [-0.05, 0) is 24.1 Å². The van der Waals surface area contributed by atoms with Gasteiger partial charge in [-0.25, -0.2) is 0 Å². The average molecular weight is 315 g/mol. The van der Waals surface area contributed by atoms with E-state index in [1.54, 1.807) is 12.0 Å². The van der Waals surface area contributed by atoms with Gasteiger partial charge in [0.1, 0.15) is 5.75 Å².